The molecule has 0 spiro atoms. The summed E-state index contributed by atoms with van der Waals surface area (Å²) in [5.41, 5.74) is 0. The molecule has 2 atom stereocenters. The van der Waals surface area contributed by atoms with Gasteiger partial charge in [-0.2, -0.15) is 0 Å². The molecule has 0 amide bonds. The van der Waals surface area contributed by atoms with Crippen molar-refractivity contribution in [2.75, 3.05) is 13.7 Å². The van der Waals surface area contributed by atoms with Crippen LogP contribution in [0.1, 0.15) is 30.7 Å². The third kappa shape index (κ3) is 4.46. The highest BCUT2D eigenvalue weighted by Crippen LogP contribution is 2.24. The molecule has 0 bridgehead atoms. The van der Waals surface area contributed by atoms with Crippen molar-refractivity contribution in [3.8, 4) is 0 Å². The van der Waals surface area contributed by atoms with E-state index in [1.807, 2.05) is 24.4 Å². The molecule has 4 nitrogen and oxygen atoms in total. The van der Waals surface area contributed by atoms with Gasteiger partial charge in [0.25, 0.3) is 0 Å². The number of aliphatic hydroxyl groups excluding tert-OH is 1. The van der Waals surface area contributed by atoms with Crippen LogP contribution in [0.25, 0.3) is 0 Å². The van der Waals surface area contributed by atoms with Crippen LogP contribution >= 0.6 is 11.3 Å². The van der Waals surface area contributed by atoms with Crippen LogP contribution in [0, 0.1) is 0 Å². The van der Waals surface area contributed by atoms with Gasteiger partial charge in [-0.3, -0.25) is 4.79 Å². The fourth-order valence-corrected chi connectivity index (χ4v) is 2.44. The number of hydrogen-bond acceptors (Lipinski definition) is 5. The first-order chi connectivity index (χ1) is 8.19. The van der Waals surface area contributed by atoms with Crippen molar-refractivity contribution in [1.29, 1.82) is 0 Å². The normalized spacial score (nSPS) is 14.3. The van der Waals surface area contributed by atoms with E-state index in [0.717, 1.165) is 11.4 Å². The van der Waals surface area contributed by atoms with Crippen LogP contribution in [0.15, 0.2) is 17.5 Å². The average molecular weight is 257 g/mol. The van der Waals surface area contributed by atoms with Crippen molar-refractivity contribution >= 4 is 17.3 Å². The van der Waals surface area contributed by atoms with E-state index in [1.165, 1.54) is 18.4 Å². The Labute approximate surface area is 106 Å². The zero-order valence-electron chi connectivity index (χ0n) is 10.2. The summed E-state index contributed by atoms with van der Waals surface area (Å²) >= 11 is 1.52. The van der Waals surface area contributed by atoms with Crippen LogP contribution in [-0.4, -0.2) is 30.8 Å². The maximum absolute atomic E-state index is 11.1. The van der Waals surface area contributed by atoms with Crippen molar-refractivity contribution in [1.82, 2.24) is 5.32 Å². The van der Waals surface area contributed by atoms with Crippen LogP contribution < -0.4 is 5.32 Å². The van der Waals surface area contributed by atoms with Gasteiger partial charge in [-0.1, -0.05) is 13.0 Å². The van der Waals surface area contributed by atoms with Crippen molar-refractivity contribution in [2.24, 2.45) is 0 Å². The van der Waals surface area contributed by atoms with Crippen LogP contribution in [0.3, 0.4) is 0 Å². The van der Waals surface area contributed by atoms with E-state index in [1.54, 1.807) is 0 Å². The molecule has 0 aromatic carbocycles. The fourth-order valence-electron chi connectivity index (χ4n) is 1.67. The molecular weight excluding hydrogens is 238 g/mol. The van der Waals surface area contributed by atoms with Gasteiger partial charge in [0, 0.05) is 17.3 Å². The summed E-state index contributed by atoms with van der Waals surface area (Å²) < 4.78 is 4.60. The summed E-state index contributed by atoms with van der Waals surface area (Å²) in [6.07, 6.45) is 0.315. The molecule has 5 heteroatoms. The first kappa shape index (κ1) is 14.2. The van der Waals surface area contributed by atoms with Crippen LogP contribution in [0.2, 0.25) is 0 Å². The highest BCUT2D eigenvalue weighted by atomic mass is 32.1. The lowest BCUT2D eigenvalue weighted by molar-refractivity contribution is -0.141. The Bertz CT molecular complexity index is 327. The zero-order valence-corrected chi connectivity index (χ0v) is 11.0. The molecular formula is C12H19NO3S. The van der Waals surface area contributed by atoms with Gasteiger partial charge in [0.05, 0.1) is 7.11 Å². The third-order valence-corrected chi connectivity index (χ3v) is 3.51. The Balaban J connectivity index is 2.55. The molecule has 2 N–H and O–H groups in total. The lowest BCUT2D eigenvalue weighted by Crippen LogP contribution is -2.35. The summed E-state index contributed by atoms with van der Waals surface area (Å²) in [6, 6.07) is 3.70. The molecule has 1 heterocycles. The molecule has 96 valence electrons. The van der Waals surface area contributed by atoms with Gasteiger partial charge in [0.1, 0.15) is 6.10 Å². The molecule has 1 aromatic heterocycles. The lowest BCUT2D eigenvalue weighted by Gasteiger charge is -2.22. The van der Waals surface area contributed by atoms with Crippen LogP contribution in [0.5, 0.6) is 0 Å². The van der Waals surface area contributed by atoms with Gasteiger partial charge in [0.2, 0.25) is 0 Å². The predicted molar refractivity (Wildman–Crippen MR) is 68.0 cm³/mol. The Kier molecular flexibility index (Phi) is 6.18. The monoisotopic (exact) mass is 257 g/mol. The second kappa shape index (κ2) is 7.42. The van der Waals surface area contributed by atoms with Gasteiger partial charge in [-0.25, -0.2) is 0 Å². The smallest absolute Gasteiger partial charge is 0.305 e. The average Bonchev–Trinajstić information content (AvgIpc) is 2.86. The number of rotatable bonds is 7. The molecule has 0 aliphatic carbocycles. The number of thiophene rings is 1. The fraction of sp³-hybridized carbons (Fsp3) is 0.583. The molecule has 0 aliphatic rings. The SMILES string of the molecule is CCNC(CCC(=O)OC)C(O)c1cccs1. The number of methoxy groups -OCH3 is 1. The zero-order chi connectivity index (χ0) is 12.7. The number of likely N-dealkylation sites (N-methyl/N-ethyl adjacent to an activating group) is 1. The summed E-state index contributed by atoms with van der Waals surface area (Å²) in [5, 5.41) is 15.3. The molecule has 0 saturated heterocycles. The van der Waals surface area contributed by atoms with Crippen LogP contribution in [0.4, 0.5) is 0 Å². The quantitative estimate of drug-likeness (QED) is 0.730. The number of nitrogens with one attached hydrogen (secondary N) is 1. The second-order valence-electron chi connectivity index (χ2n) is 3.74. The molecule has 1 aromatic rings. The molecule has 0 fully saturated rings. The Morgan fingerprint density at radius 3 is 2.94 bits per heavy atom. The number of aliphatic hydroxyl groups is 1. The highest BCUT2D eigenvalue weighted by Gasteiger charge is 2.21. The molecule has 0 radical (unpaired) electrons. The number of carbonyl (C=O) groups is 1. The number of carbonyl (C=O) groups excluding carboxylic acids is 1. The number of esters is 1. The van der Waals surface area contributed by atoms with Gasteiger partial charge in [-0.15, -0.1) is 11.3 Å². The molecule has 1 rings (SSSR count). The first-order valence-electron chi connectivity index (χ1n) is 5.70. The van der Waals surface area contributed by atoms with Crippen molar-refractivity contribution in [3.63, 3.8) is 0 Å². The van der Waals surface area contributed by atoms with E-state index in [0.29, 0.717) is 12.8 Å². The number of ether oxygens (including phenoxy) is 1. The minimum absolute atomic E-state index is 0.113. The summed E-state index contributed by atoms with van der Waals surface area (Å²) in [7, 11) is 1.38. The standard InChI is InChI=1S/C12H19NO3S/c1-3-13-9(6-7-11(14)16-2)12(15)10-5-4-8-17-10/h4-5,8-9,12-13,15H,3,6-7H2,1-2H3. The Morgan fingerprint density at radius 1 is 1.65 bits per heavy atom. The van der Waals surface area contributed by atoms with E-state index in [9.17, 15) is 9.90 Å². The summed E-state index contributed by atoms with van der Waals surface area (Å²) in [5.74, 6) is -0.244. The Hall–Kier alpha value is -0.910. The van der Waals surface area contributed by atoms with E-state index in [-0.39, 0.29) is 12.0 Å². The largest absolute Gasteiger partial charge is 0.469 e. The second-order valence-corrected chi connectivity index (χ2v) is 4.72. The van der Waals surface area contributed by atoms with Gasteiger partial charge in [0.15, 0.2) is 0 Å². The van der Waals surface area contributed by atoms with Crippen molar-refractivity contribution < 1.29 is 14.6 Å². The maximum atomic E-state index is 11.1. The van der Waals surface area contributed by atoms with E-state index < -0.39 is 6.10 Å². The number of hydrogen-bond donors (Lipinski definition) is 2. The molecule has 2 unspecified atom stereocenters. The first-order valence-corrected chi connectivity index (χ1v) is 6.58. The Morgan fingerprint density at radius 2 is 2.41 bits per heavy atom. The summed E-state index contributed by atoms with van der Waals surface area (Å²) in [6.45, 7) is 2.74. The third-order valence-electron chi connectivity index (χ3n) is 2.57. The maximum Gasteiger partial charge on any atom is 0.305 e. The van der Waals surface area contributed by atoms with Crippen molar-refractivity contribution in [3.05, 3.63) is 22.4 Å². The van der Waals surface area contributed by atoms with E-state index in [2.05, 4.69) is 10.1 Å². The minimum Gasteiger partial charge on any atom is -0.469 e. The van der Waals surface area contributed by atoms with Gasteiger partial charge in [-0.05, 0) is 24.4 Å². The van der Waals surface area contributed by atoms with E-state index >= 15 is 0 Å². The molecule has 0 aliphatic heterocycles. The minimum atomic E-state index is -0.570. The highest BCUT2D eigenvalue weighted by molar-refractivity contribution is 7.10. The molecule has 0 saturated carbocycles. The predicted octanol–water partition coefficient (Wildman–Crippen LogP) is 1.71. The van der Waals surface area contributed by atoms with Crippen molar-refractivity contribution in [2.45, 2.75) is 31.9 Å². The lowest BCUT2D eigenvalue weighted by atomic mass is 10.0. The van der Waals surface area contributed by atoms with Crippen LogP contribution in [-0.2, 0) is 9.53 Å². The topological polar surface area (TPSA) is 58.6 Å². The van der Waals surface area contributed by atoms with Gasteiger partial charge >= 0.3 is 5.97 Å². The van der Waals surface area contributed by atoms with Gasteiger partial charge < -0.3 is 15.2 Å². The van der Waals surface area contributed by atoms with E-state index in [4.69, 9.17) is 0 Å². The molecule has 17 heavy (non-hydrogen) atoms. The summed E-state index contributed by atoms with van der Waals surface area (Å²) in [4.78, 5) is 12.0.